The molecule has 192 valence electrons. The molecule has 6 rings (SSSR count). The molecule has 5 heterocycles. The van der Waals surface area contributed by atoms with Crippen LogP contribution < -0.4 is 10.6 Å². The molecule has 0 saturated heterocycles. The number of hydrogen-bond donors (Lipinski definition) is 2. The number of rotatable bonds is 6. The lowest BCUT2D eigenvalue weighted by Gasteiger charge is -2.21. The molecule has 0 aliphatic heterocycles. The zero-order valence-electron chi connectivity index (χ0n) is 22.1. The minimum atomic E-state index is 0.782. The van der Waals surface area contributed by atoms with E-state index in [4.69, 9.17) is 0 Å². The third-order valence-electron chi connectivity index (χ3n) is 7.66. The van der Waals surface area contributed by atoms with Gasteiger partial charge in [0.15, 0.2) is 0 Å². The molecule has 0 unspecified atom stereocenters. The van der Waals surface area contributed by atoms with Crippen molar-refractivity contribution in [3.8, 4) is 21.8 Å². The van der Waals surface area contributed by atoms with Gasteiger partial charge in [-0.2, -0.15) is 5.10 Å². The second kappa shape index (κ2) is 10.5. The predicted octanol–water partition coefficient (Wildman–Crippen LogP) is 6.80. The number of aryl methyl sites for hydroxylation is 1. The maximum absolute atomic E-state index is 4.65. The second-order valence-corrected chi connectivity index (χ2v) is 11.6. The molecule has 0 atom stereocenters. The molecule has 5 nitrogen and oxygen atoms in total. The standard InChI is InChI=1S/C32H33N5S/c1-4-24(25-15-23(18-33-19-25)14-22-8-6-5-7-9-22)16-27-21(3)36-37-31(27)29-17-28-26(12-13-34-32(28)35-29)30-11-10-20(2)38-30/h4,10-13,15-19,22,36H,3,5-9,14H2,1-2H3,(H,34,35)/b24-4+,27-16+. The lowest BCUT2D eigenvalue weighted by atomic mass is 9.85. The van der Waals surface area contributed by atoms with Crippen LogP contribution in [0.25, 0.3) is 51.1 Å². The monoisotopic (exact) mass is 519 g/mol. The molecule has 0 radical (unpaired) electrons. The number of hydrogen-bond acceptors (Lipinski definition) is 4. The molecule has 0 bridgehead atoms. The summed E-state index contributed by atoms with van der Waals surface area (Å²) in [5, 5.41) is 10.6. The number of pyridine rings is 2. The van der Waals surface area contributed by atoms with Crippen molar-refractivity contribution in [3.63, 3.8) is 0 Å². The highest BCUT2D eigenvalue weighted by Crippen LogP contribution is 2.34. The number of fused-ring (bicyclic) bond motifs is 1. The molecule has 6 heteroatoms. The van der Waals surface area contributed by atoms with Crippen molar-refractivity contribution in [2.75, 3.05) is 0 Å². The van der Waals surface area contributed by atoms with Crippen molar-refractivity contribution >= 4 is 40.6 Å². The zero-order valence-corrected chi connectivity index (χ0v) is 22.9. The Bertz CT molecular complexity index is 1730. The molecular weight excluding hydrogens is 486 g/mol. The number of nitrogens with zero attached hydrogens (tertiary/aromatic N) is 3. The molecule has 0 amide bonds. The molecule has 5 aromatic heterocycles. The highest BCUT2D eigenvalue weighted by Gasteiger charge is 2.16. The van der Waals surface area contributed by atoms with Crippen LogP contribution in [0.15, 0.2) is 55.0 Å². The van der Waals surface area contributed by atoms with E-state index in [-0.39, 0.29) is 0 Å². The van der Waals surface area contributed by atoms with Crippen LogP contribution in [0.3, 0.4) is 0 Å². The van der Waals surface area contributed by atoms with Crippen LogP contribution in [0.1, 0.15) is 55.0 Å². The summed E-state index contributed by atoms with van der Waals surface area (Å²) < 4.78 is 0. The first-order valence-corrected chi connectivity index (χ1v) is 14.3. The van der Waals surface area contributed by atoms with Gasteiger partial charge >= 0.3 is 0 Å². The van der Waals surface area contributed by atoms with Gasteiger partial charge in [0, 0.05) is 44.5 Å². The number of thiophene rings is 1. The summed E-state index contributed by atoms with van der Waals surface area (Å²) in [7, 11) is 0. The van der Waals surface area contributed by atoms with Crippen molar-refractivity contribution < 1.29 is 0 Å². The normalized spacial score (nSPS) is 15.5. The molecule has 1 aliphatic carbocycles. The Hall–Kier alpha value is -3.77. The maximum atomic E-state index is 4.65. The minimum Gasteiger partial charge on any atom is -0.338 e. The Morgan fingerprint density at radius 1 is 1.13 bits per heavy atom. The molecule has 2 N–H and O–H groups in total. The van der Waals surface area contributed by atoms with Gasteiger partial charge in [-0.05, 0) is 79.3 Å². The third-order valence-corrected chi connectivity index (χ3v) is 8.70. The maximum Gasteiger partial charge on any atom is 0.138 e. The van der Waals surface area contributed by atoms with Crippen LogP contribution in [0.2, 0.25) is 0 Å². The summed E-state index contributed by atoms with van der Waals surface area (Å²) >= 11 is 1.80. The van der Waals surface area contributed by atoms with Gasteiger partial charge in [0.25, 0.3) is 0 Å². The largest absolute Gasteiger partial charge is 0.338 e. The Morgan fingerprint density at radius 2 is 2.00 bits per heavy atom. The van der Waals surface area contributed by atoms with E-state index in [1.54, 1.807) is 11.3 Å². The highest BCUT2D eigenvalue weighted by molar-refractivity contribution is 7.15. The van der Waals surface area contributed by atoms with E-state index in [1.807, 2.05) is 18.6 Å². The van der Waals surface area contributed by atoms with Crippen molar-refractivity contribution in [2.24, 2.45) is 5.92 Å². The van der Waals surface area contributed by atoms with E-state index in [9.17, 15) is 0 Å². The molecule has 5 aromatic rings. The minimum absolute atomic E-state index is 0.782. The van der Waals surface area contributed by atoms with Crippen LogP contribution >= 0.6 is 11.3 Å². The number of H-pyrrole nitrogens is 2. The van der Waals surface area contributed by atoms with Gasteiger partial charge in [0.2, 0.25) is 0 Å². The van der Waals surface area contributed by atoms with E-state index in [0.29, 0.717) is 0 Å². The summed E-state index contributed by atoms with van der Waals surface area (Å²) in [6.07, 6.45) is 18.1. The first kappa shape index (κ1) is 24.6. The molecule has 1 aliphatic rings. The van der Waals surface area contributed by atoms with Crippen LogP contribution in [0.4, 0.5) is 0 Å². The van der Waals surface area contributed by atoms with Gasteiger partial charge in [0.1, 0.15) is 11.3 Å². The van der Waals surface area contributed by atoms with Crippen molar-refractivity contribution in [3.05, 3.63) is 81.6 Å². The summed E-state index contributed by atoms with van der Waals surface area (Å²) in [6.45, 7) is 8.45. The first-order valence-electron chi connectivity index (χ1n) is 13.5. The SMILES string of the molecule is C=c1[nH]nc(-c2cc3c(-c4ccc(C)s4)ccnc3[nH]2)/c1=C/C(=C\C)c1cncc(CC2CCCCC2)c1. The fourth-order valence-corrected chi connectivity index (χ4v) is 6.57. The second-order valence-electron chi connectivity index (χ2n) is 10.4. The van der Waals surface area contributed by atoms with Gasteiger partial charge in [-0.15, -0.1) is 11.3 Å². The molecular formula is C32H33N5S. The summed E-state index contributed by atoms with van der Waals surface area (Å²) in [5.74, 6) is 0.782. The first-order chi connectivity index (χ1) is 18.6. The van der Waals surface area contributed by atoms with Gasteiger partial charge in [-0.25, -0.2) is 4.98 Å². The third kappa shape index (κ3) is 4.88. The Balaban J connectivity index is 1.37. The van der Waals surface area contributed by atoms with Gasteiger partial charge in [-0.1, -0.05) is 44.8 Å². The lowest BCUT2D eigenvalue weighted by molar-refractivity contribution is 0.356. The fraction of sp³-hybridized carbons (Fsp3) is 0.281. The van der Waals surface area contributed by atoms with Crippen LogP contribution in [0, 0.1) is 12.8 Å². The van der Waals surface area contributed by atoms with E-state index < -0.39 is 0 Å². The average Bonchev–Trinajstić information content (AvgIpc) is 3.66. The Labute approximate surface area is 227 Å². The topological polar surface area (TPSA) is 70.2 Å². The van der Waals surface area contributed by atoms with Crippen molar-refractivity contribution in [1.29, 1.82) is 0 Å². The van der Waals surface area contributed by atoms with Gasteiger partial charge < -0.3 is 4.98 Å². The quantitative estimate of drug-likeness (QED) is 0.259. The van der Waals surface area contributed by atoms with E-state index >= 15 is 0 Å². The fourth-order valence-electron chi connectivity index (χ4n) is 5.67. The molecule has 38 heavy (non-hydrogen) atoms. The van der Waals surface area contributed by atoms with Crippen molar-refractivity contribution in [2.45, 2.75) is 52.4 Å². The molecule has 0 aromatic carbocycles. The summed E-state index contributed by atoms with van der Waals surface area (Å²) in [4.78, 5) is 15.2. The number of allylic oxidation sites excluding steroid dienone is 2. The van der Waals surface area contributed by atoms with Gasteiger partial charge in [-0.3, -0.25) is 10.1 Å². The highest BCUT2D eigenvalue weighted by atomic mass is 32.1. The molecule has 1 fully saturated rings. The Morgan fingerprint density at radius 3 is 2.79 bits per heavy atom. The number of nitrogens with one attached hydrogen (secondary N) is 2. The van der Waals surface area contributed by atoms with Crippen LogP contribution in [0.5, 0.6) is 0 Å². The summed E-state index contributed by atoms with van der Waals surface area (Å²) in [6, 6.07) is 10.9. The van der Waals surface area contributed by atoms with E-state index in [1.165, 1.54) is 53.0 Å². The van der Waals surface area contributed by atoms with E-state index in [2.05, 4.69) is 88.1 Å². The lowest BCUT2D eigenvalue weighted by Crippen LogP contribution is -2.22. The predicted molar refractivity (Wildman–Crippen MR) is 159 cm³/mol. The number of aromatic amines is 2. The molecule has 1 saturated carbocycles. The molecule has 0 spiro atoms. The smallest absolute Gasteiger partial charge is 0.138 e. The summed E-state index contributed by atoms with van der Waals surface area (Å²) in [5.41, 5.74) is 7.36. The van der Waals surface area contributed by atoms with Gasteiger partial charge in [0.05, 0.1) is 11.0 Å². The zero-order chi connectivity index (χ0) is 26.1. The number of aromatic nitrogens is 5. The average molecular weight is 520 g/mol. The van der Waals surface area contributed by atoms with Crippen molar-refractivity contribution in [1.82, 2.24) is 25.1 Å². The van der Waals surface area contributed by atoms with E-state index in [0.717, 1.165) is 56.5 Å². The van der Waals surface area contributed by atoms with Crippen LogP contribution in [-0.2, 0) is 6.42 Å². The van der Waals surface area contributed by atoms with Crippen LogP contribution in [-0.4, -0.2) is 25.1 Å². The Kier molecular flexibility index (Phi) is 6.81.